The van der Waals surface area contributed by atoms with Crippen LogP contribution in [0.3, 0.4) is 0 Å². The molecule has 4 rings (SSSR count). The molecular formula is C22H20N4O6S2. The SMILES string of the molecule is CS(=O)(=O)c1ccc(CN2C(=O)Nc3ccc(C(=O)NCc4ccncc4)cc3S2(=O)=O)cc1. The first-order valence-electron chi connectivity index (χ1n) is 9.99. The number of hydrogen-bond acceptors (Lipinski definition) is 7. The van der Waals surface area contributed by atoms with E-state index < -0.39 is 31.8 Å². The van der Waals surface area contributed by atoms with E-state index in [1.807, 2.05) is 0 Å². The van der Waals surface area contributed by atoms with Crippen molar-refractivity contribution in [2.45, 2.75) is 22.9 Å². The Hall–Kier alpha value is -3.77. The zero-order valence-electron chi connectivity index (χ0n) is 17.9. The lowest BCUT2D eigenvalue weighted by Gasteiger charge is -2.29. The molecule has 3 amide bonds. The van der Waals surface area contributed by atoms with Gasteiger partial charge in [0.25, 0.3) is 15.9 Å². The number of urea groups is 1. The first kappa shape index (κ1) is 23.4. The molecule has 2 aromatic carbocycles. The van der Waals surface area contributed by atoms with Crippen LogP contribution in [-0.4, -0.2) is 44.3 Å². The molecule has 0 aliphatic carbocycles. The van der Waals surface area contributed by atoms with Crippen LogP contribution in [0.1, 0.15) is 21.5 Å². The number of amides is 3. The lowest BCUT2D eigenvalue weighted by Crippen LogP contribution is -2.43. The fraction of sp³-hybridized carbons (Fsp3) is 0.136. The van der Waals surface area contributed by atoms with Crippen LogP contribution >= 0.6 is 0 Å². The molecule has 0 unspecified atom stereocenters. The normalized spacial score (nSPS) is 14.7. The van der Waals surface area contributed by atoms with E-state index in [2.05, 4.69) is 15.6 Å². The summed E-state index contributed by atoms with van der Waals surface area (Å²) in [4.78, 5) is 28.9. The number of sulfonamides is 1. The van der Waals surface area contributed by atoms with Gasteiger partial charge in [-0.15, -0.1) is 0 Å². The van der Waals surface area contributed by atoms with Crippen molar-refractivity contribution in [3.05, 3.63) is 83.7 Å². The van der Waals surface area contributed by atoms with Crippen LogP contribution in [0.5, 0.6) is 0 Å². The molecule has 12 heteroatoms. The summed E-state index contributed by atoms with van der Waals surface area (Å²) in [5.74, 6) is -0.477. The number of hydrogen-bond donors (Lipinski definition) is 2. The van der Waals surface area contributed by atoms with E-state index in [0.29, 0.717) is 9.87 Å². The number of aromatic nitrogens is 1. The molecular weight excluding hydrogens is 480 g/mol. The molecule has 1 aromatic heterocycles. The largest absolute Gasteiger partial charge is 0.348 e. The highest BCUT2D eigenvalue weighted by molar-refractivity contribution is 7.90. The van der Waals surface area contributed by atoms with Crippen molar-refractivity contribution in [3.8, 4) is 0 Å². The molecule has 0 saturated carbocycles. The van der Waals surface area contributed by atoms with Gasteiger partial charge in [0.15, 0.2) is 9.84 Å². The van der Waals surface area contributed by atoms with E-state index in [9.17, 15) is 26.4 Å². The molecule has 3 aromatic rings. The van der Waals surface area contributed by atoms with Crippen molar-refractivity contribution in [2.24, 2.45) is 0 Å². The van der Waals surface area contributed by atoms with Crippen LogP contribution in [-0.2, 0) is 33.0 Å². The van der Waals surface area contributed by atoms with Crippen LogP contribution in [0.25, 0.3) is 0 Å². The fourth-order valence-corrected chi connectivity index (χ4v) is 5.46. The predicted octanol–water partition coefficient (Wildman–Crippen LogP) is 2.15. The first-order valence-corrected chi connectivity index (χ1v) is 13.3. The summed E-state index contributed by atoms with van der Waals surface area (Å²) < 4.78 is 50.4. The number of sulfone groups is 1. The second-order valence-electron chi connectivity index (χ2n) is 7.61. The third kappa shape index (κ3) is 4.77. The lowest BCUT2D eigenvalue weighted by molar-refractivity contribution is 0.0950. The highest BCUT2D eigenvalue weighted by Crippen LogP contribution is 2.32. The first-order chi connectivity index (χ1) is 16.1. The summed E-state index contributed by atoms with van der Waals surface area (Å²) in [5, 5.41) is 5.23. The van der Waals surface area contributed by atoms with E-state index in [1.54, 1.807) is 24.5 Å². The highest BCUT2D eigenvalue weighted by Gasteiger charge is 2.37. The molecule has 2 heterocycles. The van der Waals surface area contributed by atoms with Gasteiger partial charge in [0, 0.05) is 30.8 Å². The van der Waals surface area contributed by atoms with E-state index >= 15 is 0 Å². The van der Waals surface area contributed by atoms with Crippen molar-refractivity contribution in [2.75, 3.05) is 11.6 Å². The number of anilines is 1. The molecule has 0 atom stereocenters. The third-order valence-corrected chi connectivity index (χ3v) is 8.06. The second-order valence-corrected chi connectivity index (χ2v) is 11.5. The number of carbonyl (C=O) groups excluding carboxylic acids is 2. The molecule has 176 valence electrons. The van der Waals surface area contributed by atoms with Gasteiger partial charge < -0.3 is 10.6 Å². The average molecular weight is 501 g/mol. The van der Waals surface area contributed by atoms with Gasteiger partial charge in [0.05, 0.1) is 17.1 Å². The quantitative estimate of drug-likeness (QED) is 0.528. The van der Waals surface area contributed by atoms with Crippen molar-refractivity contribution in [1.82, 2.24) is 14.6 Å². The Morgan fingerprint density at radius 2 is 1.71 bits per heavy atom. The molecule has 0 radical (unpaired) electrons. The van der Waals surface area contributed by atoms with Gasteiger partial charge in [-0.1, -0.05) is 12.1 Å². The summed E-state index contributed by atoms with van der Waals surface area (Å²) in [6.07, 6.45) is 4.25. The standard InChI is InChI=1S/C22H20N4O6S2/c1-33(29,30)18-5-2-16(3-6-18)14-26-22(28)25-19-7-4-17(12-20(19)34(26,31)32)21(27)24-13-15-8-10-23-11-9-15/h2-12H,13-14H2,1H3,(H,24,27)(H,25,28). The molecule has 0 bridgehead atoms. The van der Waals surface area contributed by atoms with Gasteiger partial charge in [-0.25, -0.2) is 25.9 Å². The maximum atomic E-state index is 13.2. The minimum atomic E-state index is -4.28. The van der Waals surface area contributed by atoms with Crippen LogP contribution in [0, 0.1) is 0 Å². The second kappa shape index (κ2) is 8.88. The fourth-order valence-electron chi connectivity index (χ4n) is 3.34. The average Bonchev–Trinajstić information content (AvgIpc) is 2.80. The van der Waals surface area contributed by atoms with E-state index in [-0.39, 0.29) is 34.1 Å². The van der Waals surface area contributed by atoms with Gasteiger partial charge >= 0.3 is 6.03 Å². The lowest BCUT2D eigenvalue weighted by atomic mass is 10.2. The molecule has 0 spiro atoms. The van der Waals surface area contributed by atoms with E-state index in [4.69, 9.17) is 0 Å². The van der Waals surface area contributed by atoms with Crippen LogP contribution in [0.2, 0.25) is 0 Å². The summed E-state index contributed by atoms with van der Waals surface area (Å²) in [7, 11) is -7.69. The van der Waals surface area contributed by atoms with Gasteiger partial charge in [0.1, 0.15) is 4.90 Å². The molecule has 34 heavy (non-hydrogen) atoms. The zero-order valence-corrected chi connectivity index (χ0v) is 19.6. The number of nitrogens with one attached hydrogen (secondary N) is 2. The minimum Gasteiger partial charge on any atom is -0.348 e. The predicted molar refractivity (Wildman–Crippen MR) is 123 cm³/mol. The maximum absolute atomic E-state index is 13.2. The van der Waals surface area contributed by atoms with Crippen LogP contribution in [0.15, 0.2) is 76.8 Å². The topological polar surface area (TPSA) is 143 Å². The van der Waals surface area contributed by atoms with Crippen molar-refractivity contribution in [3.63, 3.8) is 0 Å². The molecule has 10 nitrogen and oxygen atoms in total. The van der Waals surface area contributed by atoms with Gasteiger partial charge in [-0.05, 0) is 53.6 Å². The summed E-state index contributed by atoms with van der Waals surface area (Å²) >= 11 is 0. The zero-order chi connectivity index (χ0) is 24.5. The highest BCUT2D eigenvalue weighted by atomic mass is 32.2. The van der Waals surface area contributed by atoms with Gasteiger partial charge in [-0.2, -0.15) is 0 Å². The Bertz CT molecular complexity index is 1470. The molecule has 0 saturated heterocycles. The minimum absolute atomic E-state index is 0.0689. The van der Waals surface area contributed by atoms with Gasteiger partial charge in [-0.3, -0.25) is 9.78 Å². The third-order valence-electron chi connectivity index (χ3n) is 5.16. The number of nitrogens with zero attached hydrogens (tertiary/aromatic N) is 2. The molecule has 1 aliphatic heterocycles. The van der Waals surface area contributed by atoms with Crippen molar-refractivity contribution >= 4 is 37.5 Å². The molecule has 2 N–H and O–H groups in total. The van der Waals surface area contributed by atoms with Crippen molar-refractivity contribution < 1.29 is 26.4 Å². The van der Waals surface area contributed by atoms with E-state index in [0.717, 1.165) is 11.8 Å². The summed E-state index contributed by atoms with van der Waals surface area (Å²) in [6.45, 7) is -0.0758. The molecule has 1 aliphatic rings. The monoisotopic (exact) mass is 500 g/mol. The van der Waals surface area contributed by atoms with E-state index in [1.165, 1.54) is 42.5 Å². The Kier molecular flexibility index (Phi) is 6.11. The summed E-state index contributed by atoms with van der Waals surface area (Å²) in [5.41, 5.74) is 1.43. The Morgan fingerprint density at radius 3 is 2.35 bits per heavy atom. The number of fused-ring (bicyclic) bond motifs is 1. The number of rotatable bonds is 6. The van der Waals surface area contributed by atoms with Crippen LogP contribution in [0.4, 0.5) is 10.5 Å². The number of carbonyl (C=O) groups is 2. The Balaban J connectivity index is 1.57. The Labute approximate surface area is 196 Å². The maximum Gasteiger partial charge on any atom is 0.336 e. The smallest absolute Gasteiger partial charge is 0.336 e. The number of benzene rings is 2. The van der Waals surface area contributed by atoms with Gasteiger partial charge in [0.2, 0.25) is 0 Å². The van der Waals surface area contributed by atoms with Crippen LogP contribution < -0.4 is 10.6 Å². The Morgan fingerprint density at radius 1 is 1.03 bits per heavy atom. The van der Waals surface area contributed by atoms with Crippen molar-refractivity contribution in [1.29, 1.82) is 0 Å². The molecule has 0 fully saturated rings. The number of pyridine rings is 1. The summed E-state index contributed by atoms with van der Waals surface area (Å²) in [6, 6.07) is 12.2.